The van der Waals surface area contributed by atoms with Crippen molar-refractivity contribution in [2.24, 2.45) is 0 Å². The Kier molecular flexibility index (Phi) is 5.71. The summed E-state index contributed by atoms with van der Waals surface area (Å²) in [5.41, 5.74) is 0. The fourth-order valence-corrected chi connectivity index (χ4v) is 3.72. The second kappa shape index (κ2) is 5.37. The van der Waals surface area contributed by atoms with Crippen molar-refractivity contribution in [3.8, 4) is 0 Å². The summed E-state index contributed by atoms with van der Waals surface area (Å²) in [6, 6.07) is 0. The molecule has 0 spiro atoms. The van der Waals surface area contributed by atoms with Crippen molar-refractivity contribution in [1.82, 2.24) is 0 Å². The number of rotatable bonds is 5. The first-order valence-corrected chi connectivity index (χ1v) is 9.21. The van der Waals surface area contributed by atoms with Crippen molar-refractivity contribution in [2.45, 2.75) is 38.7 Å². The van der Waals surface area contributed by atoms with Crippen molar-refractivity contribution in [3.05, 3.63) is 0 Å². The Bertz CT molecular complexity index is 103. The third-order valence-electron chi connectivity index (χ3n) is 0.801. The number of hydrogen-bond acceptors (Lipinski definition) is 3. The SMILES string of the molecule is CC(C)SO[SiH2]O[Si](C)(C)C. The smallest absolute Gasteiger partial charge is 0.308 e. The molecule has 0 aromatic heterocycles. The highest BCUT2D eigenvalue weighted by atomic mass is 32.2. The van der Waals surface area contributed by atoms with Gasteiger partial charge in [-0.2, -0.15) is 0 Å². The van der Waals surface area contributed by atoms with E-state index >= 15 is 0 Å². The maximum Gasteiger partial charge on any atom is 0.308 e. The predicted molar refractivity (Wildman–Crippen MR) is 56.8 cm³/mol. The molecule has 0 saturated carbocycles. The quantitative estimate of drug-likeness (QED) is 0.392. The Hall–Kier alpha value is 0.704. The largest absolute Gasteiger partial charge is 0.440 e. The van der Waals surface area contributed by atoms with Gasteiger partial charge in [0.25, 0.3) is 0 Å². The average molecular weight is 210 g/mol. The summed E-state index contributed by atoms with van der Waals surface area (Å²) in [6.45, 7) is 10.8. The normalized spacial score (nSPS) is 13.6. The van der Waals surface area contributed by atoms with E-state index in [0.717, 1.165) is 0 Å². The van der Waals surface area contributed by atoms with Gasteiger partial charge in [0.05, 0.1) is 0 Å². The third-order valence-corrected chi connectivity index (χ3v) is 6.05. The molecule has 0 rings (SSSR count). The van der Waals surface area contributed by atoms with E-state index in [2.05, 4.69) is 33.5 Å². The molecule has 11 heavy (non-hydrogen) atoms. The molecule has 5 heteroatoms. The molecule has 2 nitrogen and oxygen atoms in total. The predicted octanol–water partition coefficient (Wildman–Crippen LogP) is 1.91. The van der Waals surface area contributed by atoms with Crippen LogP contribution in [-0.2, 0) is 7.99 Å². The first kappa shape index (κ1) is 11.7. The lowest BCUT2D eigenvalue weighted by Crippen LogP contribution is -2.27. The van der Waals surface area contributed by atoms with Crippen molar-refractivity contribution in [1.29, 1.82) is 0 Å². The Morgan fingerprint density at radius 3 is 2.18 bits per heavy atom. The zero-order valence-electron chi connectivity index (χ0n) is 8.01. The molecule has 0 bridgehead atoms. The second-order valence-electron chi connectivity index (χ2n) is 3.64. The summed E-state index contributed by atoms with van der Waals surface area (Å²) in [6.07, 6.45) is 0. The molecule has 0 fully saturated rings. The molecular formula is C6H18O2SSi2. The van der Waals surface area contributed by atoms with Gasteiger partial charge in [0.15, 0.2) is 8.32 Å². The lowest BCUT2D eigenvalue weighted by Gasteiger charge is -2.16. The lowest BCUT2D eigenvalue weighted by molar-refractivity contribution is 0.492. The van der Waals surface area contributed by atoms with Gasteiger partial charge in [-0.25, -0.2) is 0 Å². The van der Waals surface area contributed by atoms with E-state index in [9.17, 15) is 0 Å². The van der Waals surface area contributed by atoms with Gasteiger partial charge in [0, 0.05) is 5.25 Å². The Labute approximate surface area is 77.4 Å². The van der Waals surface area contributed by atoms with E-state index in [0.29, 0.717) is 5.25 Å². The third kappa shape index (κ3) is 10.7. The van der Waals surface area contributed by atoms with Gasteiger partial charge in [-0.05, 0) is 31.7 Å². The van der Waals surface area contributed by atoms with Crippen LogP contribution in [0.3, 0.4) is 0 Å². The molecule has 0 aliphatic rings. The lowest BCUT2D eigenvalue weighted by atomic mass is 10.6. The molecule has 0 heterocycles. The van der Waals surface area contributed by atoms with E-state index in [1.54, 1.807) is 0 Å². The van der Waals surface area contributed by atoms with Crippen LogP contribution in [0, 0.1) is 0 Å². The summed E-state index contributed by atoms with van der Waals surface area (Å²) in [5, 5.41) is 0.549. The first-order valence-electron chi connectivity index (χ1n) is 3.84. The summed E-state index contributed by atoms with van der Waals surface area (Å²) in [5.74, 6) is 0. The van der Waals surface area contributed by atoms with Crippen molar-refractivity contribution in [3.63, 3.8) is 0 Å². The number of hydrogen-bond donors (Lipinski definition) is 0. The van der Waals surface area contributed by atoms with Gasteiger partial charge in [-0.1, -0.05) is 13.8 Å². The van der Waals surface area contributed by atoms with Gasteiger partial charge in [-0.3, -0.25) is 0 Å². The molecule has 0 aromatic rings. The van der Waals surface area contributed by atoms with Crippen molar-refractivity contribution in [2.75, 3.05) is 0 Å². The molecule has 0 aliphatic heterocycles. The van der Waals surface area contributed by atoms with Gasteiger partial charge in [0.2, 0.25) is 0 Å². The van der Waals surface area contributed by atoms with E-state index in [-0.39, 0.29) is 0 Å². The summed E-state index contributed by atoms with van der Waals surface area (Å²) >= 11 is 1.53. The molecule has 0 unspecified atom stereocenters. The minimum absolute atomic E-state index is 0.549. The highest BCUT2D eigenvalue weighted by Crippen LogP contribution is 2.10. The van der Waals surface area contributed by atoms with Gasteiger partial charge < -0.3 is 7.99 Å². The van der Waals surface area contributed by atoms with Crippen LogP contribution in [0.4, 0.5) is 0 Å². The Morgan fingerprint density at radius 1 is 1.27 bits per heavy atom. The van der Waals surface area contributed by atoms with Crippen molar-refractivity contribution < 1.29 is 7.99 Å². The summed E-state index contributed by atoms with van der Waals surface area (Å²) < 4.78 is 11.0. The molecule has 0 radical (unpaired) electrons. The zero-order valence-corrected chi connectivity index (χ0v) is 11.2. The molecule has 0 aliphatic carbocycles. The molecule has 0 N–H and O–H groups in total. The van der Waals surface area contributed by atoms with Crippen LogP contribution in [0.2, 0.25) is 19.6 Å². The van der Waals surface area contributed by atoms with Crippen molar-refractivity contribution >= 4 is 30.4 Å². The van der Waals surface area contributed by atoms with Crippen LogP contribution in [0.15, 0.2) is 0 Å². The monoisotopic (exact) mass is 210 g/mol. The van der Waals surface area contributed by atoms with Gasteiger partial charge >= 0.3 is 10.0 Å². The molecule has 0 aromatic carbocycles. The van der Waals surface area contributed by atoms with Crippen LogP contribution >= 0.6 is 12.0 Å². The Morgan fingerprint density at radius 2 is 1.82 bits per heavy atom. The summed E-state index contributed by atoms with van der Waals surface area (Å²) in [7, 11) is -2.02. The van der Waals surface area contributed by atoms with Gasteiger partial charge in [-0.15, -0.1) is 0 Å². The topological polar surface area (TPSA) is 18.5 Å². The van der Waals surface area contributed by atoms with E-state index in [4.69, 9.17) is 7.99 Å². The van der Waals surface area contributed by atoms with Crippen LogP contribution in [0.1, 0.15) is 13.8 Å². The average Bonchev–Trinajstić information content (AvgIpc) is 1.78. The molecule has 0 saturated heterocycles. The highest BCUT2D eigenvalue weighted by Gasteiger charge is 2.13. The van der Waals surface area contributed by atoms with E-state index in [1.807, 2.05) is 0 Å². The molecule has 68 valence electrons. The molecule has 0 amide bonds. The fourth-order valence-electron chi connectivity index (χ4n) is 0.365. The first-order chi connectivity index (χ1) is 4.92. The van der Waals surface area contributed by atoms with Crippen LogP contribution in [-0.4, -0.2) is 23.6 Å². The Balaban J connectivity index is 3.15. The molecule has 0 atom stereocenters. The summed E-state index contributed by atoms with van der Waals surface area (Å²) in [4.78, 5) is 0. The maximum absolute atomic E-state index is 5.61. The molecular weight excluding hydrogens is 192 g/mol. The van der Waals surface area contributed by atoms with Crippen LogP contribution < -0.4 is 0 Å². The fraction of sp³-hybridized carbons (Fsp3) is 1.00. The highest BCUT2D eigenvalue weighted by molar-refractivity contribution is 7.95. The van der Waals surface area contributed by atoms with Gasteiger partial charge in [0.1, 0.15) is 0 Å². The van der Waals surface area contributed by atoms with E-state index < -0.39 is 18.3 Å². The van der Waals surface area contributed by atoms with Crippen LogP contribution in [0.25, 0.3) is 0 Å². The van der Waals surface area contributed by atoms with E-state index in [1.165, 1.54) is 12.0 Å². The zero-order chi connectivity index (χ0) is 8.91. The minimum Gasteiger partial charge on any atom is -0.440 e. The standard InChI is InChI=1S/C6H18O2SSi2/c1-6(2)9-7-10-8-11(3,4)5/h6H,10H2,1-5H3. The maximum atomic E-state index is 5.61. The van der Waals surface area contributed by atoms with Crippen LogP contribution in [0.5, 0.6) is 0 Å². The minimum atomic E-state index is -1.31. The second-order valence-corrected chi connectivity index (χ2v) is 11.3.